The lowest BCUT2D eigenvalue weighted by atomic mass is 10.0. The summed E-state index contributed by atoms with van der Waals surface area (Å²) >= 11 is 0. The molecule has 1 unspecified atom stereocenters. The molecule has 2 fully saturated rings. The lowest BCUT2D eigenvalue weighted by Gasteiger charge is -2.34. The molecular formula is C15H21N3O4S. The van der Waals surface area contributed by atoms with Crippen molar-refractivity contribution in [3.05, 3.63) is 34.4 Å². The molecule has 1 atom stereocenters. The maximum Gasteiger partial charge on any atom is 0.292 e. The van der Waals surface area contributed by atoms with Gasteiger partial charge in [0.2, 0.25) is 0 Å². The van der Waals surface area contributed by atoms with Gasteiger partial charge in [-0.3, -0.25) is 10.1 Å². The highest BCUT2D eigenvalue weighted by molar-refractivity contribution is 7.91. The van der Waals surface area contributed by atoms with Crippen molar-refractivity contribution >= 4 is 21.2 Å². The van der Waals surface area contributed by atoms with E-state index in [1.165, 1.54) is 6.07 Å². The second kappa shape index (κ2) is 6.45. The Balaban J connectivity index is 1.58. The predicted molar refractivity (Wildman–Crippen MR) is 88.5 cm³/mol. The number of nitro groups is 1. The van der Waals surface area contributed by atoms with Gasteiger partial charge in [0.05, 0.1) is 16.4 Å². The molecule has 2 aliphatic heterocycles. The lowest BCUT2D eigenvalue weighted by Crippen LogP contribution is -2.46. The molecule has 7 nitrogen and oxygen atoms in total. The topological polar surface area (TPSA) is 92.6 Å². The van der Waals surface area contributed by atoms with E-state index in [1.54, 1.807) is 12.1 Å². The first-order valence-corrected chi connectivity index (χ1v) is 9.71. The largest absolute Gasteiger partial charge is 0.366 e. The lowest BCUT2D eigenvalue weighted by molar-refractivity contribution is -0.384. The normalized spacial score (nSPS) is 24.7. The molecule has 0 spiro atoms. The van der Waals surface area contributed by atoms with Crippen LogP contribution in [0.1, 0.15) is 19.3 Å². The summed E-state index contributed by atoms with van der Waals surface area (Å²) in [5.41, 5.74) is 0.806. The van der Waals surface area contributed by atoms with Crippen LogP contribution < -0.4 is 10.2 Å². The minimum absolute atomic E-state index is 0.0580. The molecule has 1 aromatic rings. The van der Waals surface area contributed by atoms with Crippen LogP contribution >= 0.6 is 0 Å². The number of para-hydroxylation sites is 2. The van der Waals surface area contributed by atoms with Gasteiger partial charge in [0.1, 0.15) is 5.69 Å². The average Bonchev–Trinajstić information content (AvgIpc) is 2.87. The number of piperidine rings is 1. The van der Waals surface area contributed by atoms with Crippen molar-refractivity contribution in [2.75, 3.05) is 29.5 Å². The molecule has 2 saturated heterocycles. The monoisotopic (exact) mass is 339 g/mol. The number of hydrogen-bond donors (Lipinski definition) is 1. The van der Waals surface area contributed by atoms with Crippen LogP contribution in [0.4, 0.5) is 11.4 Å². The van der Waals surface area contributed by atoms with Gasteiger partial charge in [-0.15, -0.1) is 0 Å². The number of rotatable bonds is 4. The van der Waals surface area contributed by atoms with Crippen molar-refractivity contribution in [2.45, 2.75) is 31.3 Å². The molecule has 2 aliphatic rings. The Bertz CT molecular complexity index is 684. The highest BCUT2D eigenvalue weighted by Gasteiger charge is 2.31. The Hall–Kier alpha value is -1.67. The number of nitrogens with one attached hydrogen (secondary N) is 1. The van der Waals surface area contributed by atoms with E-state index < -0.39 is 9.84 Å². The summed E-state index contributed by atoms with van der Waals surface area (Å²) in [6, 6.07) is 7.15. The van der Waals surface area contributed by atoms with Gasteiger partial charge in [0, 0.05) is 31.2 Å². The summed E-state index contributed by atoms with van der Waals surface area (Å²) in [6.07, 6.45) is 2.41. The zero-order valence-electron chi connectivity index (χ0n) is 12.8. The van der Waals surface area contributed by atoms with Crippen molar-refractivity contribution < 1.29 is 13.3 Å². The van der Waals surface area contributed by atoms with Crippen LogP contribution in [0.25, 0.3) is 0 Å². The molecule has 3 rings (SSSR count). The van der Waals surface area contributed by atoms with Crippen LogP contribution in [0.15, 0.2) is 24.3 Å². The third kappa shape index (κ3) is 3.81. The number of hydrogen-bond acceptors (Lipinski definition) is 6. The second-order valence-corrected chi connectivity index (χ2v) is 8.50. The predicted octanol–water partition coefficient (Wildman–Crippen LogP) is 1.34. The van der Waals surface area contributed by atoms with Gasteiger partial charge < -0.3 is 10.2 Å². The molecule has 126 valence electrons. The first-order valence-electron chi connectivity index (χ1n) is 7.89. The molecular weight excluding hydrogens is 318 g/mol. The van der Waals surface area contributed by atoms with Crippen LogP contribution in [-0.2, 0) is 9.84 Å². The van der Waals surface area contributed by atoms with Gasteiger partial charge in [0.15, 0.2) is 9.84 Å². The zero-order chi connectivity index (χ0) is 16.4. The molecule has 0 bridgehead atoms. The van der Waals surface area contributed by atoms with Crippen LogP contribution in [-0.4, -0.2) is 50.0 Å². The van der Waals surface area contributed by atoms with Crippen molar-refractivity contribution in [3.8, 4) is 0 Å². The number of benzene rings is 1. The second-order valence-electron chi connectivity index (χ2n) is 6.27. The quantitative estimate of drug-likeness (QED) is 0.657. The fourth-order valence-corrected chi connectivity index (χ4v) is 5.12. The van der Waals surface area contributed by atoms with E-state index in [9.17, 15) is 18.5 Å². The van der Waals surface area contributed by atoms with Gasteiger partial charge >= 0.3 is 0 Å². The maximum absolute atomic E-state index is 11.5. The minimum atomic E-state index is -2.86. The molecule has 1 aromatic carbocycles. The summed E-state index contributed by atoms with van der Waals surface area (Å²) in [7, 11) is -2.86. The van der Waals surface area contributed by atoms with Gasteiger partial charge in [-0.1, -0.05) is 12.1 Å². The molecule has 0 radical (unpaired) electrons. The first-order chi connectivity index (χ1) is 10.9. The Labute approximate surface area is 135 Å². The molecule has 8 heteroatoms. The Kier molecular flexibility index (Phi) is 4.54. The van der Waals surface area contributed by atoms with Gasteiger partial charge in [0.25, 0.3) is 5.69 Å². The van der Waals surface area contributed by atoms with Crippen molar-refractivity contribution in [3.63, 3.8) is 0 Å². The number of anilines is 1. The van der Waals surface area contributed by atoms with Gasteiger partial charge in [-0.25, -0.2) is 8.42 Å². The van der Waals surface area contributed by atoms with Gasteiger partial charge in [-0.2, -0.15) is 0 Å². The first kappa shape index (κ1) is 16.2. The van der Waals surface area contributed by atoms with Crippen LogP contribution in [0.3, 0.4) is 0 Å². The van der Waals surface area contributed by atoms with Crippen molar-refractivity contribution in [1.29, 1.82) is 0 Å². The van der Waals surface area contributed by atoms with Crippen LogP contribution in [0, 0.1) is 10.1 Å². The summed E-state index contributed by atoms with van der Waals surface area (Å²) < 4.78 is 23.0. The molecule has 0 saturated carbocycles. The molecule has 0 amide bonds. The Morgan fingerprint density at radius 3 is 2.43 bits per heavy atom. The smallest absolute Gasteiger partial charge is 0.292 e. The van der Waals surface area contributed by atoms with Crippen molar-refractivity contribution in [1.82, 2.24) is 5.32 Å². The Morgan fingerprint density at radius 2 is 1.83 bits per heavy atom. The van der Waals surface area contributed by atoms with E-state index in [-0.39, 0.29) is 34.2 Å². The molecule has 1 N–H and O–H groups in total. The minimum Gasteiger partial charge on any atom is -0.366 e. The Morgan fingerprint density at radius 1 is 1.13 bits per heavy atom. The number of nitrogens with zero attached hydrogens (tertiary/aromatic N) is 2. The number of nitro benzene ring substituents is 1. The van der Waals surface area contributed by atoms with E-state index in [4.69, 9.17) is 0 Å². The molecule has 2 heterocycles. The highest BCUT2D eigenvalue weighted by Crippen LogP contribution is 2.30. The molecule has 0 aromatic heterocycles. The van der Waals surface area contributed by atoms with Gasteiger partial charge in [-0.05, 0) is 25.3 Å². The highest BCUT2D eigenvalue weighted by atomic mass is 32.2. The van der Waals surface area contributed by atoms with E-state index in [0.717, 1.165) is 25.9 Å². The number of sulfone groups is 1. The average molecular weight is 339 g/mol. The standard InChI is InChI=1S/C15H21N3O4S/c19-18(20)15-4-2-1-3-14(15)17-8-5-12(6-9-17)16-13-7-10-23(21,22)11-13/h1-4,12-13,16H,5-11H2. The van der Waals surface area contributed by atoms with Crippen molar-refractivity contribution in [2.24, 2.45) is 0 Å². The van der Waals surface area contributed by atoms with E-state index >= 15 is 0 Å². The third-order valence-corrected chi connectivity index (χ3v) is 6.39. The zero-order valence-corrected chi connectivity index (χ0v) is 13.7. The van der Waals surface area contributed by atoms with Crippen LogP contribution in [0.2, 0.25) is 0 Å². The third-order valence-electron chi connectivity index (χ3n) is 4.62. The summed E-state index contributed by atoms with van der Waals surface area (Å²) in [6.45, 7) is 1.48. The van der Waals surface area contributed by atoms with E-state index in [1.807, 2.05) is 11.0 Å². The van der Waals surface area contributed by atoms with E-state index in [0.29, 0.717) is 12.1 Å². The fourth-order valence-electron chi connectivity index (χ4n) is 3.43. The van der Waals surface area contributed by atoms with E-state index in [2.05, 4.69) is 5.32 Å². The molecule has 0 aliphatic carbocycles. The summed E-state index contributed by atoms with van der Waals surface area (Å²) in [5.74, 6) is 0.511. The molecule has 23 heavy (non-hydrogen) atoms. The maximum atomic E-state index is 11.5. The summed E-state index contributed by atoms with van der Waals surface area (Å²) in [5, 5.41) is 14.6. The fraction of sp³-hybridized carbons (Fsp3) is 0.600. The summed E-state index contributed by atoms with van der Waals surface area (Å²) in [4.78, 5) is 12.8. The SMILES string of the molecule is O=[N+]([O-])c1ccccc1N1CCC(NC2CCS(=O)(=O)C2)CC1. The van der Waals surface area contributed by atoms with Crippen LogP contribution in [0.5, 0.6) is 0 Å².